The molecule has 0 atom stereocenters. The van der Waals surface area contributed by atoms with E-state index in [-0.39, 0.29) is 0 Å². The molecule has 2 saturated carbocycles. The number of hydrogen-bond donors (Lipinski definition) is 0. The van der Waals surface area contributed by atoms with Crippen LogP contribution in [0, 0.1) is 35.0 Å². The highest BCUT2D eigenvalue weighted by Gasteiger charge is 2.24. The van der Waals surface area contributed by atoms with Crippen LogP contribution in [0.5, 0.6) is 0 Å². The molecule has 0 amide bonds. The first-order valence-corrected chi connectivity index (χ1v) is 10.9. The van der Waals surface area contributed by atoms with Crippen molar-refractivity contribution in [1.29, 1.82) is 5.26 Å². The predicted molar refractivity (Wildman–Crippen MR) is 104 cm³/mol. The Morgan fingerprint density at radius 2 is 1.21 bits per heavy atom. The van der Waals surface area contributed by atoms with Crippen LogP contribution in [0.4, 0.5) is 0 Å². The smallest absolute Gasteiger partial charge is 0.0908 e. The van der Waals surface area contributed by atoms with Crippen LogP contribution in [0.25, 0.3) is 0 Å². The van der Waals surface area contributed by atoms with Crippen molar-refractivity contribution in [2.75, 3.05) is 0 Å². The third kappa shape index (κ3) is 7.42. The lowest BCUT2D eigenvalue weighted by atomic mass is 9.74. The molecular formula is C23H39N. The Labute approximate surface area is 150 Å². The van der Waals surface area contributed by atoms with E-state index in [0.29, 0.717) is 0 Å². The van der Waals surface area contributed by atoms with Gasteiger partial charge in [-0.2, -0.15) is 5.26 Å². The highest BCUT2D eigenvalue weighted by molar-refractivity contribution is 5.01. The van der Waals surface area contributed by atoms with Crippen LogP contribution in [0.3, 0.4) is 0 Å². The summed E-state index contributed by atoms with van der Waals surface area (Å²) in [6.45, 7) is 2.32. The van der Waals surface area contributed by atoms with Gasteiger partial charge in [-0.25, -0.2) is 0 Å². The Hall–Kier alpha value is -0.770. The molecule has 24 heavy (non-hydrogen) atoms. The van der Waals surface area contributed by atoms with Gasteiger partial charge in [-0.15, -0.1) is 0 Å². The van der Waals surface area contributed by atoms with Crippen LogP contribution in [0.15, 0.2) is 12.2 Å². The summed E-state index contributed by atoms with van der Waals surface area (Å²) in [5.74, 6) is 4.07. The molecule has 136 valence electrons. The molecule has 2 aliphatic rings. The third-order valence-electron chi connectivity index (χ3n) is 6.82. The fourth-order valence-corrected chi connectivity index (χ4v) is 5.05. The molecule has 0 spiro atoms. The summed E-state index contributed by atoms with van der Waals surface area (Å²) in [5, 5.41) is 8.52. The first-order valence-electron chi connectivity index (χ1n) is 10.9. The SMILES string of the molecule is CCCC[C@H]1CC[C@H](CC[C@H]2CC[C@H](CC/C=C/C#N)CC2)CC1. The predicted octanol–water partition coefficient (Wildman–Crippen LogP) is 7.43. The summed E-state index contributed by atoms with van der Waals surface area (Å²) < 4.78 is 0. The molecule has 0 aromatic rings. The maximum Gasteiger partial charge on any atom is 0.0908 e. The Morgan fingerprint density at radius 1 is 0.750 bits per heavy atom. The van der Waals surface area contributed by atoms with Crippen molar-refractivity contribution in [2.45, 2.75) is 103 Å². The van der Waals surface area contributed by atoms with Gasteiger partial charge in [0.2, 0.25) is 0 Å². The molecule has 0 heterocycles. The number of nitrogens with zero attached hydrogens (tertiary/aromatic N) is 1. The van der Waals surface area contributed by atoms with Crippen LogP contribution in [-0.2, 0) is 0 Å². The zero-order valence-corrected chi connectivity index (χ0v) is 16.0. The maximum absolute atomic E-state index is 8.52. The first kappa shape index (κ1) is 19.6. The van der Waals surface area contributed by atoms with E-state index in [0.717, 1.165) is 30.1 Å². The van der Waals surface area contributed by atoms with Crippen molar-refractivity contribution in [3.05, 3.63) is 12.2 Å². The van der Waals surface area contributed by atoms with Gasteiger partial charge >= 0.3 is 0 Å². The van der Waals surface area contributed by atoms with E-state index in [1.165, 1.54) is 89.9 Å². The molecule has 0 bridgehead atoms. The molecule has 2 fully saturated rings. The summed E-state index contributed by atoms with van der Waals surface area (Å²) in [4.78, 5) is 0. The average Bonchev–Trinajstić information content (AvgIpc) is 2.64. The van der Waals surface area contributed by atoms with Crippen molar-refractivity contribution >= 4 is 0 Å². The lowest BCUT2D eigenvalue weighted by Crippen LogP contribution is -2.18. The second-order valence-corrected chi connectivity index (χ2v) is 8.60. The Kier molecular flexibility index (Phi) is 9.55. The Balaban J connectivity index is 1.52. The minimum Gasteiger partial charge on any atom is -0.193 e. The summed E-state index contributed by atoms with van der Waals surface area (Å²) in [5.41, 5.74) is 0. The van der Waals surface area contributed by atoms with E-state index >= 15 is 0 Å². The number of rotatable bonds is 9. The van der Waals surface area contributed by atoms with E-state index in [9.17, 15) is 0 Å². The monoisotopic (exact) mass is 329 g/mol. The Morgan fingerprint density at radius 3 is 1.67 bits per heavy atom. The Bertz CT molecular complexity index is 375. The van der Waals surface area contributed by atoms with Crippen molar-refractivity contribution < 1.29 is 0 Å². The first-order chi connectivity index (χ1) is 11.8. The topological polar surface area (TPSA) is 23.8 Å². The van der Waals surface area contributed by atoms with E-state index in [4.69, 9.17) is 5.26 Å². The summed E-state index contributed by atoms with van der Waals surface area (Å²) in [6, 6.07) is 2.09. The molecule has 0 aliphatic heterocycles. The molecule has 0 saturated heterocycles. The molecule has 0 N–H and O–H groups in total. The zero-order valence-electron chi connectivity index (χ0n) is 16.0. The molecule has 0 unspecified atom stereocenters. The van der Waals surface area contributed by atoms with Crippen molar-refractivity contribution in [3.8, 4) is 6.07 Å². The van der Waals surface area contributed by atoms with E-state index in [1.54, 1.807) is 6.08 Å². The van der Waals surface area contributed by atoms with Gasteiger partial charge in [0.05, 0.1) is 6.07 Å². The van der Waals surface area contributed by atoms with Gasteiger partial charge in [-0.3, -0.25) is 0 Å². The van der Waals surface area contributed by atoms with Gasteiger partial charge in [0.1, 0.15) is 0 Å². The highest BCUT2D eigenvalue weighted by Crippen LogP contribution is 2.38. The van der Waals surface area contributed by atoms with Gasteiger partial charge < -0.3 is 0 Å². The molecular weight excluding hydrogens is 290 g/mol. The van der Waals surface area contributed by atoms with E-state index < -0.39 is 0 Å². The molecule has 0 aromatic carbocycles. The molecule has 1 nitrogen and oxygen atoms in total. The van der Waals surface area contributed by atoms with Crippen molar-refractivity contribution in [3.63, 3.8) is 0 Å². The van der Waals surface area contributed by atoms with Gasteiger partial charge in [-0.1, -0.05) is 96.5 Å². The van der Waals surface area contributed by atoms with Crippen LogP contribution in [-0.4, -0.2) is 0 Å². The molecule has 0 radical (unpaired) electrons. The van der Waals surface area contributed by atoms with Crippen LogP contribution in [0.2, 0.25) is 0 Å². The number of nitriles is 1. The van der Waals surface area contributed by atoms with Gasteiger partial charge in [0.15, 0.2) is 0 Å². The van der Waals surface area contributed by atoms with E-state index in [2.05, 4.69) is 13.0 Å². The molecule has 2 rings (SSSR count). The van der Waals surface area contributed by atoms with Crippen molar-refractivity contribution in [1.82, 2.24) is 0 Å². The second-order valence-electron chi connectivity index (χ2n) is 8.60. The fourth-order valence-electron chi connectivity index (χ4n) is 5.05. The third-order valence-corrected chi connectivity index (χ3v) is 6.82. The standard InChI is InChI=1S/C23H39N/c1-2-3-7-20-9-13-22(14-10-20)17-18-23-15-11-21(12-16-23)8-5-4-6-19-24/h4,6,20-23H,2-3,5,7-18H2,1H3/b6-4+/t20-,21-,22-,23-. The summed E-state index contributed by atoms with van der Waals surface area (Å²) in [6.07, 6.45) is 25.3. The van der Waals surface area contributed by atoms with Crippen molar-refractivity contribution in [2.24, 2.45) is 23.7 Å². The van der Waals surface area contributed by atoms with Gasteiger partial charge in [0.25, 0.3) is 0 Å². The normalized spacial score (nSPS) is 31.2. The molecule has 1 heteroatoms. The van der Waals surface area contributed by atoms with Gasteiger partial charge in [0, 0.05) is 6.08 Å². The largest absolute Gasteiger partial charge is 0.193 e. The van der Waals surface area contributed by atoms with Gasteiger partial charge in [-0.05, 0) is 36.5 Å². The quantitative estimate of drug-likeness (QED) is 0.403. The lowest BCUT2D eigenvalue weighted by molar-refractivity contribution is 0.209. The van der Waals surface area contributed by atoms with Crippen LogP contribution in [0.1, 0.15) is 103 Å². The zero-order chi connectivity index (χ0) is 17.0. The second kappa shape index (κ2) is 11.7. The maximum atomic E-state index is 8.52. The average molecular weight is 330 g/mol. The highest BCUT2D eigenvalue weighted by atomic mass is 14.3. The summed E-state index contributed by atoms with van der Waals surface area (Å²) >= 11 is 0. The molecule has 0 aromatic heterocycles. The summed E-state index contributed by atoms with van der Waals surface area (Å²) in [7, 11) is 0. The molecule has 2 aliphatic carbocycles. The van der Waals surface area contributed by atoms with Crippen LogP contribution < -0.4 is 0 Å². The minimum absolute atomic E-state index is 0.929. The number of allylic oxidation sites excluding steroid dienone is 2. The fraction of sp³-hybridized carbons (Fsp3) is 0.870. The lowest BCUT2D eigenvalue weighted by Gasteiger charge is -2.32. The van der Waals surface area contributed by atoms with Crippen LogP contribution >= 0.6 is 0 Å². The minimum atomic E-state index is 0.929. The number of hydrogen-bond acceptors (Lipinski definition) is 1. The number of unbranched alkanes of at least 4 members (excludes halogenated alkanes) is 1. The van der Waals surface area contributed by atoms with E-state index in [1.807, 2.05) is 6.08 Å².